The first-order valence-electron chi connectivity index (χ1n) is 7.86. The Morgan fingerprint density at radius 3 is 2.78 bits per heavy atom. The molecule has 2 aromatic heterocycles. The average molecular weight is 311 g/mol. The largest absolute Gasteiger partial charge is 0.352 e. The predicted octanol–water partition coefficient (Wildman–Crippen LogP) is 2.99. The van der Waals surface area contributed by atoms with Crippen LogP contribution in [0.2, 0.25) is 0 Å². The van der Waals surface area contributed by atoms with Crippen LogP contribution in [0, 0.1) is 18.7 Å². The second kappa shape index (κ2) is 5.61. The van der Waals surface area contributed by atoms with E-state index in [1.807, 2.05) is 25.1 Å². The molecule has 0 spiro atoms. The molecule has 1 fully saturated rings. The second-order valence-electron chi connectivity index (χ2n) is 6.18. The van der Waals surface area contributed by atoms with Gasteiger partial charge in [-0.1, -0.05) is 12.1 Å². The van der Waals surface area contributed by atoms with Crippen LogP contribution < -0.4 is 4.90 Å². The third-order valence-corrected chi connectivity index (χ3v) is 4.15. The van der Waals surface area contributed by atoms with Gasteiger partial charge in [0.1, 0.15) is 18.0 Å². The smallest absolute Gasteiger partial charge is 0.254 e. The van der Waals surface area contributed by atoms with Gasteiger partial charge in [-0.25, -0.2) is 9.37 Å². The van der Waals surface area contributed by atoms with Crippen molar-refractivity contribution >= 4 is 11.6 Å². The fraction of sp³-hybridized carbons (Fsp3) is 0.353. The monoisotopic (exact) mass is 311 g/mol. The van der Waals surface area contributed by atoms with Crippen LogP contribution in [-0.4, -0.2) is 26.1 Å². The van der Waals surface area contributed by atoms with Crippen molar-refractivity contribution in [2.24, 2.45) is 5.92 Å². The average Bonchev–Trinajstić information content (AvgIpc) is 3.23. The third kappa shape index (κ3) is 3.02. The Balaban J connectivity index is 1.71. The van der Waals surface area contributed by atoms with Gasteiger partial charge in [0.15, 0.2) is 0 Å². The summed E-state index contributed by atoms with van der Waals surface area (Å²) in [7, 11) is 0. The Labute approximate surface area is 133 Å². The van der Waals surface area contributed by atoms with Gasteiger partial charge in [-0.05, 0) is 43.4 Å². The molecular formula is C17H18FN5. The van der Waals surface area contributed by atoms with E-state index in [1.165, 1.54) is 31.3 Å². The molecule has 5 nitrogen and oxygen atoms in total. The lowest BCUT2D eigenvalue weighted by Gasteiger charge is -2.25. The summed E-state index contributed by atoms with van der Waals surface area (Å²) in [6.07, 6.45) is 4.06. The van der Waals surface area contributed by atoms with Crippen molar-refractivity contribution in [1.29, 1.82) is 0 Å². The summed E-state index contributed by atoms with van der Waals surface area (Å²) in [5.74, 6) is 2.12. The van der Waals surface area contributed by atoms with Gasteiger partial charge in [0.2, 0.25) is 0 Å². The topological polar surface area (TPSA) is 46.3 Å². The van der Waals surface area contributed by atoms with E-state index >= 15 is 0 Å². The highest BCUT2D eigenvalue weighted by Gasteiger charge is 2.26. The molecule has 0 saturated heterocycles. The number of aromatic nitrogens is 4. The maximum Gasteiger partial charge on any atom is 0.254 e. The molecule has 0 unspecified atom stereocenters. The zero-order valence-corrected chi connectivity index (χ0v) is 13.0. The lowest BCUT2D eigenvalue weighted by atomic mass is 10.2. The Morgan fingerprint density at radius 1 is 1.26 bits per heavy atom. The van der Waals surface area contributed by atoms with E-state index in [9.17, 15) is 4.39 Å². The third-order valence-electron chi connectivity index (χ3n) is 4.15. The summed E-state index contributed by atoms with van der Waals surface area (Å²) < 4.78 is 14.9. The van der Waals surface area contributed by atoms with Gasteiger partial charge in [-0.2, -0.15) is 14.6 Å². The molecular weight excluding hydrogens is 293 g/mol. The minimum atomic E-state index is -0.207. The molecule has 4 rings (SSSR count). The summed E-state index contributed by atoms with van der Waals surface area (Å²) in [5.41, 5.74) is 2.00. The van der Waals surface area contributed by atoms with Crippen LogP contribution in [0.3, 0.4) is 0 Å². The molecule has 6 heteroatoms. The minimum Gasteiger partial charge on any atom is -0.352 e. The van der Waals surface area contributed by atoms with Crippen molar-refractivity contribution < 1.29 is 4.39 Å². The Bertz CT molecular complexity index is 823. The van der Waals surface area contributed by atoms with Gasteiger partial charge in [-0.15, -0.1) is 0 Å². The zero-order chi connectivity index (χ0) is 15.8. The van der Waals surface area contributed by atoms with Crippen LogP contribution >= 0.6 is 0 Å². The first-order valence-corrected chi connectivity index (χ1v) is 7.86. The minimum absolute atomic E-state index is 0.207. The van der Waals surface area contributed by atoms with Crippen molar-refractivity contribution in [2.45, 2.75) is 26.3 Å². The van der Waals surface area contributed by atoms with E-state index in [0.29, 0.717) is 5.78 Å². The molecule has 0 radical (unpaired) electrons. The summed E-state index contributed by atoms with van der Waals surface area (Å²) in [4.78, 5) is 10.9. The highest BCUT2D eigenvalue weighted by molar-refractivity contribution is 5.48. The van der Waals surface area contributed by atoms with E-state index in [1.54, 1.807) is 4.52 Å². The van der Waals surface area contributed by atoms with E-state index in [-0.39, 0.29) is 5.82 Å². The summed E-state index contributed by atoms with van der Waals surface area (Å²) >= 11 is 0. The molecule has 0 aliphatic heterocycles. The number of hydrogen-bond donors (Lipinski definition) is 0. The number of aryl methyl sites for hydroxylation is 1. The normalized spacial score (nSPS) is 14.3. The lowest BCUT2D eigenvalue weighted by molar-refractivity contribution is 0.626. The molecule has 3 aromatic rings. The molecule has 1 saturated carbocycles. The highest BCUT2D eigenvalue weighted by Crippen LogP contribution is 2.32. The zero-order valence-electron chi connectivity index (χ0n) is 13.0. The lowest BCUT2D eigenvalue weighted by Crippen LogP contribution is -2.27. The first kappa shape index (κ1) is 14.1. The number of rotatable bonds is 5. The Morgan fingerprint density at radius 2 is 2.04 bits per heavy atom. The van der Waals surface area contributed by atoms with Gasteiger partial charge >= 0.3 is 0 Å². The number of benzene rings is 1. The summed E-state index contributed by atoms with van der Waals surface area (Å²) in [6.45, 7) is 3.65. The second-order valence-corrected chi connectivity index (χ2v) is 6.18. The van der Waals surface area contributed by atoms with Gasteiger partial charge in [0.25, 0.3) is 5.78 Å². The summed E-state index contributed by atoms with van der Waals surface area (Å²) in [5, 5.41) is 4.31. The Hall–Kier alpha value is -2.50. The molecule has 23 heavy (non-hydrogen) atoms. The van der Waals surface area contributed by atoms with Crippen LogP contribution in [0.4, 0.5) is 10.2 Å². The van der Waals surface area contributed by atoms with Gasteiger partial charge in [0.05, 0.1) is 0 Å². The molecule has 1 aromatic carbocycles. The molecule has 0 N–H and O–H groups in total. The number of halogens is 1. The van der Waals surface area contributed by atoms with Crippen molar-refractivity contribution in [1.82, 2.24) is 19.6 Å². The van der Waals surface area contributed by atoms with Crippen molar-refractivity contribution in [3.05, 3.63) is 53.7 Å². The molecule has 1 aliphatic carbocycles. The molecule has 0 atom stereocenters. The summed E-state index contributed by atoms with van der Waals surface area (Å²) in [6, 6.07) is 8.72. The molecule has 1 aliphatic rings. The highest BCUT2D eigenvalue weighted by atomic mass is 19.1. The number of fused-ring (bicyclic) bond motifs is 1. The molecule has 2 heterocycles. The van der Waals surface area contributed by atoms with Crippen LogP contribution in [0.5, 0.6) is 0 Å². The van der Waals surface area contributed by atoms with E-state index in [4.69, 9.17) is 0 Å². The van der Waals surface area contributed by atoms with E-state index in [0.717, 1.165) is 36.1 Å². The first-order chi connectivity index (χ1) is 11.2. The predicted molar refractivity (Wildman–Crippen MR) is 85.7 cm³/mol. The quantitative estimate of drug-likeness (QED) is 0.727. The van der Waals surface area contributed by atoms with Crippen molar-refractivity contribution in [2.75, 3.05) is 11.4 Å². The fourth-order valence-corrected chi connectivity index (χ4v) is 2.80. The van der Waals surface area contributed by atoms with Gasteiger partial charge < -0.3 is 4.90 Å². The van der Waals surface area contributed by atoms with Crippen LogP contribution in [-0.2, 0) is 6.54 Å². The maximum absolute atomic E-state index is 13.1. The molecule has 0 bridgehead atoms. The molecule has 118 valence electrons. The maximum atomic E-state index is 13.1. The standard InChI is InChI=1S/C17H18FN5/c1-12-8-16(23-17(21-12)19-11-20-23)22(9-13-2-3-13)10-14-4-6-15(18)7-5-14/h4-8,11,13H,2-3,9-10H2,1H3. The van der Waals surface area contributed by atoms with Gasteiger partial charge in [-0.3, -0.25) is 0 Å². The van der Waals surface area contributed by atoms with Gasteiger partial charge in [0, 0.05) is 24.8 Å². The number of nitrogens with zero attached hydrogens (tertiary/aromatic N) is 5. The van der Waals surface area contributed by atoms with Crippen LogP contribution in [0.15, 0.2) is 36.7 Å². The fourth-order valence-electron chi connectivity index (χ4n) is 2.80. The van der Waals surface area contributed by atoms with Crippen LogP contribution in [0.1, 0.15) is 24.1 Å². The number of hydrogen-bond acceptors (Lipinski definition) is 4. The Kier molecular flexibility index (Phi) is 3.44. The number of anilines is 1. The molecule has 0 amide bonds. The SMILES string of the molecule is Cc1cc(N(Cc2ccc(F)cc2)CC2CC2)n2ncnc2n1. The van der Waals surface area contributed by atoms with Crippen LogP contribution in [0.25, 0.3) is 5.78 Å². The van der Waals surface area contributed by atoms with E-state index < -0.39 is 0 Å². The van der Waals surface area contributed by atoms with E-state index in [2.05, 4.69) is 20.0 Å². The van der Waals surface area contributed by atoms with Crippen molar-refractivity contribution in [3.8, 4) is 0 Å². The van der Waals surface area contributed by atoms with Crippen molar-refractivity contribution in [3.63, 3.8) is 0 Å².